The molecule has 1 aliphatic heterocycles. The smallest absolute Gasteiger partial charge is 0.158 e. The number of hydrogen-bond acceptors (Lipinski definition) is 6. The monoisotopic (exact) mass is 386 g/mol. The van der Waals surface area contributed by atoms with Crippen LogP contribution in [-0.4, -0.2) is 63.3 Å². The highest BCUT2D eigenvalue weighted by atomic mass is 16.5. The fraction of sp³-hybridized carbons (Fsp3) is 0.857. The molecule has 0 amide bonds. The summed E-state index contributed by atoms with van der Waals surface area (Å²) in [4.78, 5) is 12.0. The van der Waals surface area contributed by atoms with E-state index in [2.05, 4.69) is 6.92 Å². The van der Waals surface area contributed by atoms with Gasteiger partial charge in [-0.05, 0) is 18.9 Å². The Morgan fingerprint density at radius 3 is 2.00 bits per heavy atom. The average Bonchev–Trinajstić information content (AvgIpc) is 2.66. The van der Waals surface area contributed by atoms with E-state index in [1.165, 1.54) is 57.4 Å². The van der Waals surface area contributed by atoms with Crippen LogP contribution in [0.25, 0.3) is 0 Å². The van der Waals surface area contributed by atoms with E-state index in [-0.39, 0.29) is 12.2 Å². The quantitative estimate of drug-likeness (QED) is 0.269. The number of hydrogen-bond donors (Lipinski definition) is 4. The van der Waals surface area contributed by atoms with Gasteiger partial charge >= 0.3 is 0 Å². The molecule has 6 nitrogen and oxygen atoms in total. The number of ether oxygens (including phenoxy) is 1. The number of rotatable bonds is 14. The summed E-state index contributed by atoms with van der Waals surface area (Å²) in [5.41, 5.74) is 0. The standard InChI is InChI=1S/C21H38O6/c1-2-3-4-5-6-7-8-9-10-11-12-13-16(23)14-17-19(24)21(26)20(25)18(15-22)27-17/h12-13,17-22,24-26H,2-11,14-15H2,1H3/b13-12+/t17-,18?,19?,20+,21?/m0/s1. The summed E-state index contributed by atoms with van der Waals surface area (Å²) in [6.45, 7) is 1.74. The van der Waals surface area contributed by atoms with Gasteiger partial charge in [-0.25, -0.2) is 0 Å². The molecule has 0 aliphatic carbocycles. The lowest BCUT2D eigenvalue weighted by Gasteiger charge is -2.39. The minimum atomic E-state index is -1.43. The molecule has 1 aliphatic rings. The number of aliphatic hydroxyl groups is 4. The van der Waals surface area contributed by atoms with E-state index in [9.17, 15) is 20.1 Å². The molecule has 0 saturated carbocycles. The van der Waals surface area contributed by atoms with Crippen molar-refractivity contribution < 1.29 is 30.0 Å². The molecule has 0 radical (unpaired) electrons. The van der Waals surface area contributed by atoms with Gasteiger partial charge < -0.3 is 25.2 Å². The zero-order chi connectivity index (χ0) is 20.1. The molecule has 27 heavy (non-hydrogen) atoms. The second-order valence-electron chi connectivity index (χ2n) is 7.56. The van der Waals surface area contributed by atoms with Crippen LogP contribution in [0.15, 0.2) is 12.2 Å². The van der Waals surface area contributed by atoms with Crippen LogP contribution in [0.2, 0.25) is 0 Å². The van der Waals surface area contributed by atoms with Gasteiger partial charge in [-0.3, -0.25) is 4.79 Å². The first-order valence-electron chi connectivity index (χ1n) is 10.5. The van der Waals surface area contributed by atoms with E-state index in [0.29, 0.717) is 0 Å². The molecule has 1 fully saturated rings. The zero-order valence-electron chi connectivity index (χ0n) is 16.6. The summed E-state index contributed by atoms with van der Waals surface area (Å²) in [5, 5.41) is 38.6. The average molecular weight is 387 g/mol. The van der Waals surface area contributed by atoms with E-state index in [1.807, 2.05) is 6.08 Å². The van der Waals surface area contributed by atoms with Crippen molar-refractivity contribution in [2.24, 2.45) is 0 Å². The van der Waals surface area contributed by atoms with Crippen LogP contribution in [0.3, 0.4) is 0 Å². The van der Waals surface area contributed by atoms with E-state index in [4.69, 9.17) is 9.84 Å². The van der Waals surface area contributed by atoms with Crippen molar-refractivity contribution in [3.8, 4) is 0 Å². The SMILES string of the molecule is CCCCCCCCCCC/C=C/C(=O)C[C@@H]1OC(CO)[C@@H](O)C(O)C1O. The minimum absolute atomic E-state index is 0.0876. The summed E-state index contributed by atoms with van der Waals surface area (Å²) in [5.74, 6) is -0.199. The Kier molecular flexibility index (Phi) is 12.8. The number of ketones is 1. The first-order valence-corrected chi connectivity index (χ1v) is 10.5. The lowest BCUT2D eigenvalue weighted by molar-refractivity contribution is -0.229. The highest BCUT2D eigenvalue weighted by Gasteiger charge is 2.43. The molecule has 0 aromatic heterocycles. The van der Waals surface area contributed by atoms with Crippen molar-refractivity contribution >= 4 is 5.78 Å². The Morgan fingerprint density at radius 1 is 0.852 bits per heavy atom. The van der Waals surface area contributed by atoms with Crippen molar-refractivity contribution in [1.29, 1.82) is 0 Å². The molecular weight excluding hydrogens is 348 g/mol. The van der Waals surface area contributed by atoms with Gasteiger partial charge in [0.15, 0.2) is 5.78 Å². The molecule has 1 rings (SSSR count). The van der Waals surface area contributed by atoms with Gasteiger partial charge in [0, 0.05) is 6.42 Å². The van der Waals surface area contributed by atoms with Gasteiger partial charge in [0.1, 0.15) is 24.4 Å². The van der Waals surface area contributed by atoms with Gasteiger partial charge in [-0.15, -0.1) is 0 Å². The van der Waals surface area contributed by atoms with Gasteiger partial charge in [0.25, 0.3) is 0 Å². The number of allylic oxidation sites excluding steroid dienone is 2. The second-order valence-corrected chi connectivity index (χ2v) is 7.56. The maximum absolute atomic E-state index is 12.0. The first kappa shape index (κ1) is 24.2. The van der Waals surface area contributed by atoms with Gasteiger partial charge in [0.2, 0.25) is 0 Å². The first-order chi connectivity index (χ1) is 13.0. The second kappa shape index (κ2) is 14.2. The van der Waals surface area contributed by atoms with Crippen LogP contribution < -0.4 is 0 Å². The molecular formula is C21H38O6. The largest absolute Gasteiger partial charge is 0.394 e. The van der Waals surface area contributed by atoms with Crippen LogP contribution in [0.4, 0.5) is 0 Å². The highest BCUT2D eigenvalue weighted by molar-refractivity contribution is 5.90. The summed E-state index contributed by atoms with van der Waals surface area (Å²) in [7, 11) is 0. The fourth-order valence-corrected chi connectivity index (χ4v) is 3.40. The van der Waals surface area contributed by atoms with Crippen molar-refractivity contribution in [2.75, 3.05) is 6.61 Å². The number of unbranched alkanes of at least 4 members (excludes halogenated alkanes) is 9. The Balaban J connectivity index is 2.15. The number of carbonyl (C=O) groups is 1. The molecule has 158 valence electrons. The van der Waals surface area contributed by atoms with Crippen LogP contribution in [-0.2, 0) is 9.53 Å². The third kappa shape index (κ3) is 9.30. The third-order valence-corrected chi connectivity index (χ3v) is 5.17. The van der Waals surface area contributed by atoms with Gasteiger partial charge in [-0.2, -0.15) is 0 Å². The van der Waals surface area contributed by atoms with Gasteiger partial charge in [-0.1, -0.05) is 64.4 Å². The Bertz CT molecular complexity index is 423. The zero-order valence-corrected chi connectivity index (χ0v) is 16.6. The summed E-state index contributed by atoms with van der Waals surface area (Å²) in [6, 6.07) is 0. The Labute approximate surface area is 163 Å². The van der Waals surface area contributed by atoms with E-state index in [1.54, 1.807) is 0 Å². The third-order valence-electron chi connectivity index (χ3n) is 5.17. The molecule has 0 aromatic rings. The van der Waals surface area contributed by atoms with Crippen LogP contribution >= 0.6 is 0 Å². The molecule has 0 aromatic carbocycles. The molecule has 1 saturated heterocycles. The molecule has 0 bridgehead atoms. The Hall–Kier alpha value is -0.790. The van der Waals surface area contributed by atoms with Crippen molar-refractivity contribution in [3.05, 3.63) is 12.2 Å². The fourth-order valence-electron chi connectivity index (χ4n) is 3.40. The Morgan fingerprint density at radius 2 is 1.41 bits per heavy atom. The molecule has 3 unspecified atom stereocenters. The topological polar surface area (TPSA) is 107 Å². The normalized spacial score (nSPS) is 28.7. The summed E-state index contributed by atoms with van der Waals surface area (Å²) < 4.78 is 5.34. The van der Waals surface area contributed by atoms with Crippen LogP contribution in [0.5, 0.6) is 0 Å². The number of aliphatic hydroxyl groups excluding tert-OH is 4. The minimum Gasteiger partial charge on any atom is -0.394 e. The summed E-state index contributed by atoms with van der Waals surface area (Å²) >= 11 is 0. The van der Waals surface area contributed by atoms with E-state index >= 15 is 0 Å². The molecule has 0 spiro atoms. The summed E-state index contributed by atoms with van der Waals surface area (Å²) in [6.07, 6.45) is 9.37. The van der Waals surface area contributed by atoms with Crippen LogP contribution in [0, 0.1) is 0 Å². The highest BCUT2D eigenvalue weighted by Crippen LogP contribution is 2.23. The molecule has 5 atom stereocenters. The molecule has 1 heterocycles. The maximum atomic E-state index is 12.0. The van der Waals surface area contributed by atoms with Crippen LogP contribution in [0.1, 0.15) is 77.6 Å². The predicted octanol–water partition coefficient (Wildman–Crippen LogP) is 2.27. The molecule has 4 N–H and O–H groups in total. The lowest BCUT2D eigenvalue weighted by atomic mass is 9.92. The van der Waals surface area contributed by atoms with Crippen molar-refractivity contribution in [1.82, 2.24) is 0 Å². The number of carbonyl (C=O) groups excluding carboxylic acids is 1. The lowest BCUT2D eigenvalue weighted by Crippen LogP contribution is -2.58. The van der Waals surface area contributed by atoms with Crippen molar-refractivity contribution in [3.63, 3.8) is 0 Å². The van der Waals surface area contributed by atoms with Crippen molar-refractivity contribution in [2.45, 2.75) is 108 Å². The van der Waals surface area contributed by atoms with Gasteiger partial charge in [0.05, 0.1) is 12.7 Å². The maximum Gasteiger partial charge on any atom is 0.158 e. The molecule has 6 heteroatoms. The van der Waals surface area contributed by atoms with E-state index in [0.717, 1.165) is 12.8 Å². The van der Waals surface area contributed by atoms with E-state index < -0.39 is 37.1 Å². The predicted molar refractivity (Wildman–Crippen MR) is 104 cm³/mol.